The number of nitrogens with zero attached hydrogens (tertiary/aromatic N) is 1. The molecular weight excluding hydrogens is 396 g/mol. The van der Waals surface area contributed by atoms with Gasteiger partial charge in [0.1, 0.15) is 4.90 Å². The lowest BCUT2D eigenvalue weighted by atomic mass is 10.2. The molecule has 1 heterocycles. The van der Waals surface area contributed by atoms with Crippen molar-refractivity contribution < 1.29 is 18.0 Å². The molecule has 148 valence electrons. The number of sulfonamides is 1. The van der Waals surface area contributed by atoms with Crippen LogP contribution < -0.4 is 5.32 Å². The van der Waals surface area contributed by atoms with E-state index in [4.69, 9.17) is 0 Å². The summed E-state index contributed by atoms with van der Waals surface area (Å²) in [5.74, 6) is 0.785. The van der Waals surface area contributed by atoms with Gasteiger partial charge in [0.05, 0.1) is 5.56 Å². The van der Waals surface area contributed by atoms with Crippen molar-refractivity contribution in [3.05, 3.63) is 65.2 Å². The molecule has 1 aliphatic rings. The van der Waals surface area contributed by atoms with Gasteiger partial charge in [-0.25, -0.2) is 12.7 Å². The molecule has 0 saturated heterocycles. The zero-order valence-electron chi connectivity index (χ0n) is 15.6. The number of carbonyl (C=O) groups is 2. The summed E-state index contributed by atoms with van der Waals surface area (Å²) in [6, 6.07) is 14.4. The van der Waals surface area contributed by atoms with Crippen molar-refractivity contribution in [2.75, 3.05) is 18.8 Å². The summed E-state index contributed by atoms with van der Waals surface area (Å²) in [6.45, 7) is 2.39. The highest BCUT2D eigenvalue weighted by molar-refractivity contribution is 7.98. The first-order valence-electron chi connectivity index (χ1n) is 8.95. The van der Waals surface area contributed by atoms with E-state index >= 15 is 0 Å². The fraction of sp³-hybridized carbons (Fsp3) is 0.300. The third kappa shape index (κ3) is 4.56. The molecule has 8 heteroatoms. The summed E-state index contributed by atoms with van der Waals surface area (Å²) in [5, 5.41) is 2.77. The molecule has 0 saturated carbocycles. The molecule has 28 heavy (non-hydrogen) atoms. The van der Waals surface area contributed by atoms with Crippen LogP contribution in [0.15, 0.2) is 53.4 Å². The van der Waals surface area contributed by atoms with Gasteiger partial charge in [0.15, 0.2) is 0 Å². The fourth-order valence-electron chi connectivity index (χ4n) is 2.88. The molecule has 0 bridgehead atoms. The zero-order valence-corrected chi connectivity index (χ0v) is 17.2. The van der Waals surface area contributed by atoms with Crippen LogP contribution in [0.4, 0.5) is 0 Å². The molecule has 0 fully saturated rings. The van der Waals surface area contributed by atoms with Gasteiger partial charge >= 0.3 is 0 Å². The largest absolute Gasteiger partial charge is 0.355 e. The average molecular weight is 419 g/mol. The summed E-state index contributed by atoms with van der Waals surface area (Å²) >= 11 is 1.71. The summed E-state index contributed by atoms with van der Waals surface area (Å²) < 4.78 is 25.6. The summed E-state index contributed by atoms with van der Waals surface area (Å²) in [7, 11) is -3.85. The zero-order chi connectivity index (χ0) is 20.1. The first-order chi connectivity index (χ1) is 13.4. The predicted molar refractivity (Wildman–Crippen MR) is 110 cm³/mol. The maximum Gasteiger partial charge on any atom is 0.269 e. The quantitative estimate of drug-likeness (QED) is 0.666. The third-order valence-corrected chi connectivity index (χ3v) is 7.28. The number of carbonyl (C=O) groups excluding carboxylic acids is 2. The summed E-state index contributed by atoms with van der Waals surface area (Å²) in [5.41, 5.74) is 2.62. The maximum absolute atomic E-state index is 12.4. The van der Waals surface area contributed by atoms with Crippen LogP contribution in [0, 0.1) is 6.92 Å². The highest BCUT2D eigenvalue weighted by atomic mass is 32.2. The molecule has 0 radical (unpaired) electrons. The van der Waals surface area contributed by atoms with Crippen molar-refractivity contribution in [3.63, 3.8) is 0 Å². The summed E-state index contributed by atoms with van der Waals surface area (Å²) in [6.07, 6.45) is -0.0540. The van der Waals surface area contributed by atoms with E-state index in [0.717, 1.165) is 15.8 Å². The van der Waals surface area contributed by atoms with Gasteiger partial charge in [-0.1, -0.05) is 42.0 Å². The van der Waals surface area contributed by atoms with Gasteiger partial charge in [-0.15, -0.1) is 0 Å². The molecule has 2 aromatic carbocycles. The first-order valence-corrected chi connectivity index (χ1v) is 11.5. The number of aryl methyl sites for hydroxylation is 1. The molecule has 1 aliphatic heterocycles. The minimum absolute atomic E-state index is 0.00733. The molecule has 1 N–H and O–H groups in total. The Morgan fingerprint density at radius 3 is 2.54 bits per heavy atom. The van der Waals surface area contributed by atoms with Crippen molar-refractivity contribution in [2.45, 2.75) is 24.0 Å². The van der Waals surface area contributed by atoms with Crippen LogP contribution in [-0.4, -0.2) is 43.4 Å². The average Bonchev–Trinajstić information content (AvgIpc) is 2.87. The number of nitrogens with one attached hydrogen (secondary N) is 1. The van der Waals surface area contributed by atoms with Crippen molar-refractivity contribution in [3.8, 4) is 0 Å². The fourth-order valence-corrected chi connectivity index (χ4v) is 5.27. The Morgan fingerprint density at radius 2 is 1.82 bits per heavy atom. The molecule has 0 spiro atoms. The topological polar surface area (TPSA) is 83.6 Å². The van der Waals surface area contributed by atoms with E-state index in [9.17, 15) is 18.0 Å². The second kappa shape index (κ2) is 8.79. The highest BCUT2D eigenvalue weighted by Crippen LogP contribution is 2.29. The smallest absolute Gasteiger partial charge is 0.269 e. The Labute approximate surface area is 169 Å². The van der Waals surface area contributed by atoms with Gasteiger partial charge in [-0.3, -0.25) is 9.59 Å². The van der Waals surface area contributed by atoms with Crippen molar-refractivity contribution in [1.82, 2.24) is 9.62 Å². The number of benzene rings is 2. The van der Waals surface area contributed by atoms with E-state index in [-0.39, 0.29) is 29.3 Å². The van der Waals surface area contributed by atoms with Crippen LogP contribution in [0.5, 0.6) is 0 Å². The van der Waals surface area contributed by atoms with E-state index in [0.29, 0.717) is 6.54 Å². The molecule has 0 aliphatic carbocycles. The van der Waals surface area contributed by atoms with E-state index in [1.807, 2.05) is 6.92 Å². The van der Waals surface area contributed by atoms with Crippen LogP contribution in [-0.2, 0) is 20.6 Å². The SMILES string of the molecule is Cc1ccc(CSCCNC(=O)CCN2C(=O)c3ccccc3S2(=O)=O)cc1. The number of hydrogen-bond acceptors (Lipinski definition) is 5. The molecule has 3 rings (SSSR count). The van der Waals surface area contributed by atoms with E-state index in [2.05, 4.69) is 29.6 Å². The summed E-state index contributed by atoms with van der Waals surface area (Å²) in [4.78, 5) is 24.3. The second-order valence-corrected chi connectivity index (χ2v) is 9.45. The molecular formula is C20H22N2O4S2. The van der Waals surface area contributed by atoms with E-state index in [1.165, 1.54) is 23.3 Å². The van der Waals surface area contributed by atoms with Crippen LogP contribution in [0.3, 0.4) is 0 Å². The number of fused-ring (bicyclic) bond motifs is 1. The standard InChI is InChI=1S/C20H22N2O4S2/c1-15-6-8-16(9-7-15)14-27-13-11-21-19(23)10-12-22-20(24)17-4-2-3-5-18(17)28(22,25)26/h2-9H,10-14H2,1H3,(H,21,23). The van der Waals surface area contributed by atoms with Crippen molar-refractivity contribution >= 4 is 33.6 Å². The Hall–Kier alpha value is -2.32. The number of amides is 2. The lowest BCUT2D eigenvalue weighted by molar-refractivity contribution is -0.120. The van der Waals surface area contributed by atoms with Crippen LogP contribution in [0.1, 0.15) is 27.9 Å². The number of hydrogen-bond donors (Lipinski definition) is 1. The van der Waals surface area contributed by atoms with Gasteiger partial charge in [0.25, 0.3) is 15.9 Å². The Bertz CT molecular complexity index is 972. The molecule has 2 amide bonds. The molecule has 0 atom stereocenters. The number of thioether (sulfide) groups is 1. The van der Waals surface area contributed by atoms with Gasteiger partial charge in [-0.05, 0) is 24.6 Å². The lowest BCUT2D eigenvalue weighted by Crippen LogP contribution is -2.35. The Balaban J connectivity index is 1.40. The number of rotatable bonds is 8. The van der Waals surface area contributed by atoms with Crippen molar-refractivity contribution in [1.29, 1.82) is 0 Å². The lowest BCUT2D eigenvalue weighted by Gasteiger charge is -2.14. The van der Waals surface area contributed by atoms with Gasteiger partial charge in [0, 0.05) is 31.0 Å². The second-order valence-electron chi connectivity index (χ2n) is 6.52. The monoisotopic (exact) mass is 418 g/mol. The molecule has 2 aromatic rings. The van der Waals surface area contributed by atoms with Crippen LogP contribution in [0.25, 0.3) is 0 Å². The van der Waals surface area contributed by atoms with Gasteiger partial charge < -0.3 is 5.32 Å². The molecule has 0 unspecified atom stereocenters. The van der Waals surface area contributed by atoms with Gasteiger partial charge in [0.2, 0.25) is 5.91 Å². The Morgan fingerprint density at radius 1 is 1.11 bits per heavy atom. The Kier molecular flexibility index (Phi) is 6.41. The molecule has 6 nitrogen and oxygen atoms in total. The predicted octanol–water partition coefficient (Wildman–Crippen LogP) is 2.58. The minimum Gasteiger partial charge on any atom is -0.355 e. The van der Waals surface area contributed by atoms with Crippen molar-refractivity contribution in [2.24, 2.45) is 0 Å². The highest BCUT2D eigenvalue weighted by Gasteiger charge is 2.40. The third-order valence-electron chi connectivity index (χ3n) is 4.41. The minimum atomic E-state index is -3.85. The normalized spacial score (nSPS) is 14.8. The first kappa shape index (κ1) is 20.4. The van der Waals surface area contributed by atoms with E-state index < -0.39 is 15.9 Å². The maximum atomic E-state index is 12.4. The van der Waals surface area contributed by atoms with Crippen LogP contribution >= 0.6 is 11.8 Å². The van der Waals surface area contributed by atoms with Crippen LogP contribution in [0.2, 0.25) is 0 Å². The van der Waals surface area contributed by atoms with E-state index in [1.54, 1.807) is 23.9 Å². The molecule has 0 aromatic heterocycles. The van der Waals surface area contributed by atoms with Gasteiger partial charge in [-0.2, -0.15) is 11.8 Å².